The molecule has 0 aliphatic heterocycles. The molecule has 0 aliphatic carbocycles. The Kier molecular flexibility index (Phi) is 13.7. The van der Waals surface area contributed by atoms with Crippen molar-refractivity contribution in [3.63, 3.8) is 0 Å². The number of carbonyl (C=O) groups excluding carboxylic acids is 3. The van der Waals surface area contributed by atoms with Crippen molar-refractivity contribution in [3.05, 3.63) is 77.4 Å². The molecule has 0 radical (unpaired) electrons. The molecule has 0 aromatic heterocycles. The van der Waals surface area contributed by atoms with Gasteiger partial charge in [0.15, 0.2) is 0 Å². The van der Waals surface area contributed by atoms with E-state index in [-0.39, 0.29) is 17.7 Å². The van der Waals surface area contributed by atoms with Gasteiger partial charge in [0.2, 0.25) is 5.91 Å². The van der Waals surface area contributed by atoms with Gasteiger partial charge >= 0.3 is 6.09 Å². The molecule has 3 amide bonds. The molecule has 3 aromatic rings. The summed E-state index contributed by atoms with van der Waals surface area (Å²) >= 11 is 0. The molecule has 0 bridgehead atoms. The summed E-state index contributed by atoms with van der Waals surface area (Å²) in [4.78, 5) is 43.9. The Morgan fingerprint density at radius 2 is 1.46 bits per heavy atom. The van der Waals surface area contributed by atoms with Crippen LogP contribution in [0.2, 0.25) is 0 Å². The molecule has 2 atom stereocenters. The minimum Gasteiger partial charge on any atom is -0.444 e. The molecule has 3 rings (SSSR count). The van der Waals surface area contributed by atoms with Crippen molar-refractivity contribution in [2.24, 2.45) is 5.92 Å². The normalized spacial score (nSPS) is 12.9. The third kappa shape index (κ3) is 10.9. The van der Waals surface area contributed by atoms with Gasteiger partial charge in [0.05, 0.1) is 0 Å². The Morgan fingerprint density at radius 1 is 0.826 bits per heavy atom. The monoisotopic (exact) mass is 629 g/mol. The number of nitrogens with zero attached hydrogens (tertiary/aromatic N) is 1. The first-order valence-electron chi connectivity index (χ1n) is 17.0. The van der Waals surface area contributed by atoms with Crippen LogP contribution in [0.4, 0.5) is 10.5 Å². The van der Waals surface area contributed by atoms with E-state index in [0.717, 1.165) is 59.6 Å². The van der Waals surface area contributed by atoms with Crippen LogP contribution in [0.1, 0.15) is 109 Å². The van der Waals surface area contributed by atoms with Gasteiger partial charge in [-0.25, -0.2) is 4.79 Å². The molecule has 2 N–H and O–H groups in total. The summed E-state index contributed by atoms with van der Waals surface area (Å²) in [7, 11) is 0. The molecule has 0 saturated carbocycles. The van der Waals surface area contributed by atoms with E-state index < -0.39 is 23.8 Å². The number of hydrogen-bond donors (Lipinski definition) is 2. The number of anilines is 1. The zero-order valence-corrected chi connectivity index (χ0v) is 29.2. The first kappa shape index (κ1) is 36.6. The van der Waals surface area contributed by atoms with Crippen molar-refractivity contribution in [1.29, 1.82) is 0 Å². The number of ether oxygens (including phenoxy) is 1. The van der Waals surface area contributed by atoms with Crippen molar-refractivity contribution < 1.29 is 19.1 Å². The van der Waals surface area contributed by atoms with E-state index in [9.17, 15) is 14.4 Å². The first-order valence-corrected chi connectivity index (χ1v) is 17.0. The van der Waals surface area contributed by atoms with E-state index in [1.54, 1.807) is 25.7 Å². The molecule has 0 fully saturated rings. The molecular formula is C39H55N3O4. The number of nitrogens with one attached hydrogen (secondary N) is 2. The maximum absolute atomic E-state index is 14.7. The van der Waals surface area contributed by atoms with E-state index in [1.165, 1.54) is 6.42 Å². The SMILES string of the molecule is CCCCCCCCN(C(=O)C(CC(C)C)NC(=O)OC(C)(C)C)C(C(=O)Nc1ccc2ccccc2c1)c1c(C)cccc1C. The predicted octanol–water partition coefficient (Wildman–Crippen LogP) is 9.26. The smallest absolute Gasteiger partial charge is 0.408 e. The summed E-state index contributed by atoms with van der Waals surface area (Å²) in [5, 5.41) is 8.11. The minimum atomic E-state index is -0.897. The number of unbranched alkanes of at least 4 members (excludes halogenated alkanes) is 5. The summed E-state index contributed by atoms with van der Waals surface area (Å²) < 4.78 is 5.56. The van der Waals surface area contributed by atoms with Gasteiger partial charge in [0.25, 0.3) is 5.91 Å². The zero-order chi connectivity index (χ0) is 33.9. The molecule has 0 saturated heterocycles. The van der Waals surface area contributed by atoms with Crippen molar-refractivity contribution in [1.82, 2.24) is 10.2 Å². The Labute approximate surface area is 276 Å². The number of carbonyl (C=O) groups is 3. The lowest BCUT2D eigenvalue weighted by molar-refractivity contribution is -0.141. The lowest BCUT2D eigenvalue weighted by Gasteiger charge is -2.36. The molecule has 0 aliphatic rings. The number of aryl methyl sites for hydroxylation is 2. The average Bonchev–Trinajstić information content (AvgIpc) is 2.97. The third-order valence-electron chi connectivity index (χ3n) is 8.12. The van der Waals surface area contributed by atoms with Crippen LogP contribution in [0.5, 0.6) is 0 Å². The van der Waals surface area contributed by atoms with Crippen LogP contribution in [0.15, 0.2) is 60.7 Å². The number of hydrogen-bond acceptors (Lipinski definition) is 4. The summed E-state index contributed by atoms with van der Waals surface area (Å²) in [5.74, 6) is -0.452. The van der Waals surface area contributed by atoms with Gasteiger partial charge < -0.3 is 20.3 Å². The topological polar surface area (TPSA) is 87.7 Å². The molecule has 7 heteroatoms. The Bertz CT molecular complexity index is 1440. The van der Waals surface area contributed by atoms with E-state index in [2.05, 4.69) is 17.6 Å². The van der Waals surface area contributed by atoms with E-state index in [0.29, 0.717) is 18.7 Å². The molecule has 7 nitrogen and oxygen atoms in total. The lowest BCUT2D eigenvalue weighted by atomic mass is 9.92. The van der Waals surface area contributed by atoms with Gasteiger partial charge in [0, 0.05) is 12.2 Å². The molecular weight excluding hydrogens is 574 g/mol. The molecule has 250 valence electrons. The zero-order valence-electron chi connectivity index (χ0n) is 29.2. The van der Waals surface area contributed by atoms with Crippen LogP contribution in [-0.4, -0.2) is 41.0 Å². The molecule has 46 heavy (non-hydrogen) atoms. The molecule has 0 heterocycles. The Balaban J connectivity index is 2.06. The standard InChI is InChI=1S/C39H55N3O4/c1-9-10-11-12-13-16-24-42(37(44)33(25-27(2)3)41-38(45)46-39(6,7)8)35(34-28(4)18-17-19-29(34)5)36(43)40-32-23-22-30-20-14-15-21-31(30)26-32/h14-15,17-23,26-27,33,35H,9-13,16,24-25H2,1-8H3,(H,40,43)(H,41,45). The first-order chi connectivity index (χ1) is 21.8. The van der Waals surface area contributed by atoms with Crippen LogP contribution in [0.25, 0.3) is 10.8 Å². The summed E-state index contributed by atoms with van der Waals surface area (Å²) in [6, 6.07) is 18.0. The second-order valence-electron chi connectivity index (χ2n) is 13.9. The number of benzene rings is 3. The summed E-state index contributed by atoms with van der Waals surface area (Å²) in [5.41, 5.74) is 2.62. The fraction of sp³-hybridized carbons (Fsp3) is 0.513. The van der Waals surface area contributed by atoms with Crippen LogP contribution in [0.3, 0.4) is 0 Å². The number of alkyl carbamates (subject to hydrolysis) is 1. The second kappa shape index (κ2) is 17.2. The number of amides is 3. The highest BCUT2D eigenvalue weighted by Crippen LogP contribution is 2.31. The van der Waals surface area contributed by atoms with Gasteiger partial charge in [-0.15, -0.1) is 0 Å². The largest absolute Gasteiger partial charge is 0.444 e. The Morgan fingerprint density at radius 3 is 2.09 bits per heavy atom. The maximum atomic E-state index is 14.7. The van der Waals surface area contributed by atoms with Crippen molar-refractivity contribution in [2.75, 3.05) is 11.9 Å². The molecule has 3 aromatic carbocycles. The quantitative estimate of drug-likeness (QED) is 0.164. The van der Waals surface area contributed by atoms with Gasteiger partial charge in [-0.2, -0.15) is 0 Å². The minimum absolute atomic E-state index is 0.116. The van der Waals surface area contributed by atoms with Gasteiger partial charge in [-0.3, -0.25) is 9.59 Å². The summed E-state index contributed by atoms with van der Waals surface area (Å²) in [6.07, 6.45) is 6.01. The summed E-state index contributed by atoms with van der Waals surface area (Å²) in [6.45, 7) is 16.0. The maximum Gasteiger partial charge on any atom is 0.408 e. The third-order valence-corrected chi connectivity index (χ3v) is 8.12. The van der Waals surface area contributed by atoms with Crippen LogP contribution >= 0.6 is 0 Å². The average molecular weight is 630 g/mol. The van der Waals surface area contributed by atoms with E-state index in [1.807, 2.05) is 88.4 Å². The second-order valence-corrected chi connectivity index (χ2v) is 13.9. The highest BCUT2D eigenvalue weighted by atomic mass is 16.6. The number of rotatable bonds is 15. The van der Waals surface area contributed by atoms with Crippen LogP contribution in [-0.2, 0) is 14.3 Å². The highest BCUT2D eigenvalue weighted by Gasteiger charge is 2.37. The lowest BCUT2D eigenvalue weighted by Crippen LogP contribution is -2.53. The van der Waals surface area contributed by atoms with Crippen molar-refractivity contribution in [3.8, 4) is 0 Å². The van der Waals surface area contributed by atoms with Gasteiger partial charge in [-0.05, 0) is 93.0 Å². The molecule has 2 unspecified atom stereocenters. The van der Waals surface area contributed by atoms with E-state index >= 15 is 0 Å². The van der Waals surface area contributed by atoms with E-state index in [4.69, 9.17) is 4.74 Å². The predicted molar refractivity (Wildman–Crippen MR) is 189 cm³/mol. The number of fused-ring (bicyclic) bond motifs is 1. The van der Waals surface area contributed by atoms with Crippen molar-refractivity contribution in [2.45, 2.75) is 118 Å². The Hall–Kier alpha value is -3.87. The molecule has 0 spiro atoms. The van der Waals surface area contributed by atoms with Crippen molar-refractivity contribution >= 4 is 34.4 Å². The van der Waals surface area contributed by atoms with Crippen LogP contribution in [0, 0.1) is 19.8 Å². The fourth-order valence-corrected chi connectivity index (χ4v) is 5.94. The van der Waals surface area contributed by atoms with Crippen LogP contribution < -0.4 is 10.6 Å². The fourth-order valence-electron chi connectivity index (χ4n) is 5.94. The van der Waals surface area contributed by atoms with Gasteiger partial charge in [-0.1, -0.05) is 101 Å². The highest BCUT2D eigenvalue weighted by molar-refractivity contribution is 6.00. The van der Waals surface area contributed by atoms with Gasteiger partial charge in [0.1, 0.15) is 17.7 Å².